The van der Waals surface area contributed by atoms with Crippen LogP contribution >= 0.6 is 0 Å². The van der Waals surface area contributed by atoms with Crippen molar-refractivity contribution in [1.82, 2.24) is 10.3 Å². The maximum atomic E-state index is 4.33. The molecule has 0 spiro atoms. The SMILES string of the molecule is CCCCc1ccc(C(C)NCc2ccc(C)nc2)cc1. The molecule has 1 atom stereocenters. The van der Waals surface area contributed by atoms with Crippen molar-refractivity contribution in [2.45, 2.75) is 52.6 Å². The molecule has 0 amide bonds. The summed E-state index contributed by atoms with van der Waals surface area (Å²) >= 11 is 0. The molecule has 1 unspecified atom stereocenters. The van der Waals surface area contributed by atoms with E-state index in [0.29, 0.717) is 6.04 Å². The van der Waals surface area contributed by atoms with E-state index < -0.39 is 0 Å². The van der Waals surface area contributed by atoms with Crippen molar-refractivity contribution in [3.05, 3.63) is 65.0 Å². The molecule has 2 heteroatoms. The van der Waals surface area contributed by atoms with Crippen LogP contribution in [0.5, 0.6) is 0 Å². The van der Waals surface area contributed by atoms with Gasteiger partial charge in [-0.1, -0.05) is 43.7 Å². The highest BCUT2D eigenvalue weighted by Gasteiger charge is 2.05. The van der Waals surface area contributed by atoms with Gasteiger partial charge in [0.25, 0.3) is 0 Å². The van der Waals surface area contributed by atoms with Gasteiger partial charge in [0.05, 0.1) is 0 Å². The number of aryl methyl sites for hydroxylation is 2. The van der Waals surface area contributed by atoms with Crippen molar-refractivity contribution in [1.29, 1.82) is 0 Å². The topological polar surface area (TPSA) is 24.9 Å². The zero-order valence-corrected chi connectivity index (χ0v) is 13.4. The first kappa shape index (κ1) is 15.7. The number of nitrogens with one attached hydrogen (secondary N) is 1. The first-order valence-electron chi connectivity index (χ1n) is 7.92. The molecule has 1 aromatic heterocycles. The van der Waals surface area contributed by atoms with E-state index >= 15 is 0 Å². The van der Waals surface area contributed by atoms with Crippen LogP contribution in [0.4, 0.5) is 0 Å². The summed E-state index contributed by atoms with van der Waals surface area (Å²) < 4.78 is 0. The third kappa shape index (κ3) is 4.98. The fourth-order valence-electron chi connectivity index (χ4n) is 2.35. The molecule has 0 aliphatic heterocycles. The van der Waals surface area contributed by atoms with Gasteiger partial charge in [0.15, 0.2) is 0 Å². The molecule has 0 bridgehead atoms. The number of unbranched alkanes of at least 4 members (excludes halogenated alkanes) is 1. The van der Waals surface area contributed by atoms with Crippen molar-refractivity contribution in [2.75, 3.05) is 0 Å². The number of rotatable bonds is 7. The quantitative estimate of drug-likeness (QED) is 0.804. The van der Waals surface area contributed by atoms with E-state index in [2.05, 4.69) is 60.5 Å². The lowest BCUT2D eigenvalue weighted by Crippen LogP contribution is -2.18. The lowest BCUT2D eigenvalue weighted by Gasteiger charge is -2.15. The Kier molecular flexibility index (Phi) is 5.94. The molecule has 0 saturated heterocycles. The van der Waals surface area contributed by atoms with Gasteiger partial charge in [-0.2, -0.15) is 0 Å². The highest BCUT2D eigenvalue weighted by molar-refractivity contribution is 5.25. The molecular formula is C19H26N2. The van der Waals surface area contributed by atoms with Crippen LogP contribution in [-0.2, 0) is 13.0 Å². The summed E-state index contributed by atoms with van der Waals surface area (Å²) in [6.07, 6.45) is 5.66. The van der Waals surface area contributed by atoms with Crippen LogP contribution in [0.15, 0.2) is 42.6 Å². The molecule has 0 radical (unpaired) electrons. The number of aromatic nitrogens is 1. The van der Waals surface area contributed by atoms with Crippen LogP contribution in [-0.4, -0.2) is 4.98 Å². The second-order valence-corrected chi connectivity index (χ2v) is 5.76. The third-order valence-corrected chi connectivity index (χ3v) is 3.88. The van der Waals surface area contributed by atoms with E-state index in [4.69, 9.17) is 0 Å². The minimum atomic E-state index is 0.353. The Hall–Kier alpha value is -1.67. The van der Waals surface area contributed by atoms with Gasteiger partial charge < -0.3 is 5.32 Å². The van der Waals surface area contributed by atoms with E-state index in [-0.39, 0.29) is 0 Å². The van der Waals surface area contributed by atoms with Crippen LogP contribution in [0.25, 0.3) is 0 Å². The van der Waals surface area contributed by atoms with Gasteiger partial charge >= 0.3 is 0 Å². The minimum Gasteiger partial charge on any atom is -0.306 e. The normalized spacial score (nSPS) is 12.3. The second-order valence-electron chi connectivity index (χ2n) is 5.76. The van der Waals surface area contributed by atoms with E-state index in [1.54, 1.807) is 0 Å². The summed E-state index contributed by atoms with van der Waals surface area (Å²) in [5, 5.41) is 3.56. The smallest absolute Gasteiger partial charge is 0.0372 e. The molecule has 0 aliphatic carbocycles. The molecule has 1 aromatic carbocycles. The Morgan fingerprint density at radius 2 is 1.76 bits per heavy atom. The summed E-state index contributed by atoms with van der Waals surface area (Å²) in [4.78, 5) is 4.33. The van der Waals surface area contributed by atoms with Crippen LogP contribution < -0.4 is 5.32 Å². The molecule has 0 aliphatic rings. The summed E-state index contributed by atoms with van der Waals surface area (Å²) in [5.41, 5.74) is 5.08. The molecule has 0 saturated carbocycles. The summed E-state index contributed by atoms with van der Waals surface area (Å²) in [6.45, 7) is 7.31. The molecule has 112 valence electrons. The molecule has 1 heterocycles. The molecule has 2 nitrogen and oxygen atoms in total. The Balaban J connectivity index is 1.87. The second kappa shape index (κ2) is 7.94. The van der Waals surface area contributed by atoms with Crippen LogP contribution in [0.3, 0.4) is 0 Å². The first-order valence-corrected chi connectivity index (χ1v) is 7.92. The molecular weight excluding hydrogens is 256 g/mol. The van der Waals surface area contributed by atoms with Crippen LogP contribution in [0, 0.1) is 6.92 Å². The summed E-state index contributed by atoms with van der Waals surface area (Å²) in [7, 11) is 0. The molecule has 21 heavy (non-hydrogen) atoms. The Morgan fingerprint density at radius 3 is 2.38 bits per heavy atom. The van der Waals surface area contributed by atoms with Crippen molar-refractivity contribution in [2.24, 2.45) is 0 Å². The Bertz CT molecular complexity index is 528. The average molecular weight is 282 g/mol. The number of pyridine rings is 1. The monoisotopic (exact) mass is 282 g/mol. The average Bonchev–Trinajstić information content (AvgIpc) is 2.52. The lowest BCUT2D eigenvalue weighted by molar-refractivity contribution is 0.573. The minimum absolute atomic E-state index is 0.353. The Morgan fingerprint density at radius 1 is 1.05 bits per heavy atom. The maximum absolute atomic E-state index is 4.33. The molecule has 1 N–H and O–H groups in total. The number of nitrogens with zero attached hydrogens (tertiary/aromatic N) is 1. The molecule has 2 rings (SSSR count). The molecule has 0 fully saturated rings. The van der Waals surface area contributed by atoms with Crippen molar-refractivity contribution in [3.63, 3.8) is 0 Å². The summed E-state index contributed by atoms with van der Waals surface area (Å²) in [6, 6.07) is 13.6. The van der Waals surface area contributed by atoms with Crippen molar-refractivity contribution >= 4 is 0 Å². The molecule has 2 aromatic rings. The fourth-order valence-corrected chi connectivity index (χ4v) is 2.35. The van der Waals surface area contributed by atoms with Gasteiger partial charge in [0.2, 0.25) is 0 Å². The van der Waals surface area contributed by atoms with Gasteiger partial charge in [0, 0.05) is 24.5 Å². The van der Waals surface area contributed by atoms with Crippen LogP contribution in [0.1, 0.15) is 55.1 Å². The predicted molar refractivity (Wildman–Crippen MR) is 89.3 cm³/mol. The van der Waals surface area contributed by atoms with Crippen LogP contribution in [0.2, 0.25) is 0 Å². The number of hydrogen-bond donors (Lipinski definition) is 1. The highest BCUT2D eigenvalue weighted by Crippen LogP contribution is 2.15. The standard InChI is InChI=1S/C19H26N2/c1-4-5-6-17-9-11-19(12-10-17)16(3)21-14-18-8-7-15(2)20-13-18/h7-13,16,21H,4-6,14H2,1-3H3. The van der Waals surface area contributed by atoms with E-state index in [1.807, 2.05) is 13.1 Å². The third-order valence-electron chi connectivity index (χ3n) is 3.88. The predicted octanol–water partition coefficient (Wildman–Crippen LogP) is 4.58. The van der Waals surface area contributed by atoms with Crippen molar-refractivity contribution in [3.8, 4) is 0 Å². The summed E-state index contributed by atoms with van der Waals surface area (Å²) in [5.74, 6) is 0. The lowest BCUT2D eigenvalue weighted by atomic mass is 10.0. The van der Waals surface area contributed by atoms with Gasteiger partial charge in [-0.25, -0.2) is 0 Å². The van der Waals surface area contributed by atoms with E-state index in [9.17, 15) is 0 Å². The van der Waals surface area contributed by atoms with Gasteiger partial charge in [0.1, 0.15) is 0 Å². The Labute approximate surface area is 128 Å². The van der Waals surface area contributed by atoms with Gasteiger partial charge in [-0.3, -0.25) is 4.98 Å². The van der Waals surface area contributed by atoms with E-state index in [0.717, 1.165) is 12.2 Å². The van der Waals surface area contributed by atoms with Crippen molar-refractivity contribution < 1.29 is 0 Å². The fraction of sp³-hybridized carbons (Fsp3) is 0.421. The van der Waals surface area contributed by atoms with Gasteiger partial charge in [-0.15, -0.1) is 0 Å². The zero-order chi connectivity index (χ0) is 15.1. The number of hydrogen-bond acceptors (Lipinski definition) is 2. The zero-order valence-electron chi connectivity index (χ0n) is 13.4. The van der Waals surface area contributed by atoms with Gasteiger partial charge in [-0.05, 0) is 49.4 Å². The van der Waals surface area contributed by atoms with E-state index in [1.165, 1.54) is 36.0 Å². The maximum Gasteiger partial charge on any atom is 0.0372 e. The first-order chi connectivity index (χ1) is 10.2. The number of benzene rings is 1. The highest BCUT2D eigenvalue weighted by atomic mass is 14.9. The largest absolute Gasteiger partial charge is 0.306 e.